The SMILES string of the molecule is Cc1ccc(C)c(OCCNC(=O)N2CCc3ccccc3C2)c1. The predicted octanol–water partition coefficient (Wildman–Crippen LogP) is 3.45. The van der Waals surface area contributed by atoms with Gasteiger partial charge < -0.3 is 15.0 Å². The molecular weight excluding hydrogens is 300 g/mol. The summed E-state index contributed by atoms with van der Waals surface area (Å²) < 4.78 is 5.78. The van der Waals surface area contributed by atoms with Crippen LogP contribution in [0.2, 0.25) is 0 Å². The molecule has 4 heteroatoms. The van der Waals surface area contributed by atoms with Crippen LogP contribution in [0.4, 0.5) is 4.79 Å². The second-order valence-electron chi connectivity index (χ2n) is 6.29. The lowest BCUT2D eigenvalue weighted by Crippen LogP contribution is -2.43. The number of nitrogens with zero attached hydrogens (tertiary/aromatic N) is 1. The average Bonchev–Trinajstić information content (AvgIpc) is 2.61. The maximum absolute atomic E-state index is 12.3. The summed E-state index contributed by atoms with van der Waals surface area (Å²) in [7, 11) is 0. The first-order valence-electron chi connectivity index (χ1n) is 8.43. The first-order valence-corrected chi connectivity index (χ1v) is 8.43. The van der Waals surface area contributed by atoms with Crippen molar-refractivity contribution in [3.05, 3.63) is 64.7 Å². The van der Waals surface area contributed by atoms with Gasteiger partial charge in [0.2, 0.25) is 0 Å². The molecule has 1 N–H and O–H groups in total. The van der Waals surface area contributed by atoms with Crippen molar-refractivity contribution < 1.29 is 9.53 Å². The van der Waals surface area contributed by atoms with Gasteiger partial charge in [-0.15, -0.1) is 0 Å². The van der Waals surface area contributed by atoms with Crippen LogP contribution in [0.3, 0.4) is 0 Å². The molecular formula is C20H24N2O2. The van der Waals surface area contributed by atoms with E-state index in [2.05, 4.69) is 35.6 Å². The number of aryl methyl sites for hydroxylation is 2. The van der Waals surface area contributed by atoms with E-state index in [0.29, 0.717) is 19.7 Å². The smallest absolute Gasteiger partial charge is 0.317 e. The Morgan fingerprint density at radius 3 is 2.79 bits per heavy atom. The predicted molar refractivity (Wildman–Crippen MR) is 95.4 cm³/mol. The highest BCUT2D eigenvalue weighted by atomic mass is 16.5. The van der Waals surface area contributed by atoms with Crippen LogP contribution in [-0.4, -0.2) is 30.6 Å². The fraction of sp³-hybridized carbons (Fsp3) is 0.350. The summed E-state index contributed by atoms with van der Waals surface area (Å²) >= 11 is 0. The van der Waals surface area contributed by atoms with Gasteiger partial charge in [-0.05, 0) is 48.6 Å². The molecule has 0 spiro atoms. The highest BCUT2D eigenvalue weighted by molar-refractivity contribution is 5.74. The fourth-order valence-electron chi connectivity index (χ4n) is 2.96. The maximum Gasteiger partial charge on any atom is 0.317 e. The molecule has 4 nitrogen and oxygen atoms in total. The van der Waals surface area contributed by atoms with E-state index in [1.54, 1.807) is 0 Å². The van der Waals surface area contributed by atoms with Gasteiger partial charge in [0.05, 0.1) is 6.54 Å². The molecule has 0 bridgehead atoms. The van der Waals surface area contributed by atoms with Gasteiger partial charge in [0.25, 0.3) is 0 Å². The zero-order valence-corrected chi connectivity index (χ0v) is 14.3. The fourth-order valence-corrected chi connectivity index (χ4v) is 2.96. The Morgan fingerprint density at radius 1 is 1.17 bits per heavy atom. The van der Waals surface area contributed by atoms with E-state index in [4.69, 9.17) is 4.74 Å². The van der Waals surface area contributed by atoms with E-state index in [9.17, 15) is 4.79 Å². The van der Waals surface area contributed by atoms with Crippen LogP contribution in [-0.2, 0) is 13.0 Å². The molecule has 1 heterocycles. The number of urea groups is 1. The third-order valence-electron chi connectivity index (χ3n) is 4.40. The molecule has 1 aliphatic rings. The van der Waals surface area contributed by atoms with Crippen molar-refractivity contribution in [1.29, 1.82) is 0 Å². The standard InChI is InChI=1S/C20H24N2O2/c1-15-7-8-16(2)19(13-15)24-12-10-21-20(23)22-11-9-17-5-3-4-6-18(17)14-22/h3-8,13H,9-12,14H2,1-2H3,(H,21,23). The van der Waals surface area contributed by atoms with Crippen molar-refractivity contribution in [2.45, 2.75) is 26.8 Å². The number of amides is 2. The minimum atomic E-state index is -0.0194. The Bertz CT molecular complexity index is 727. The number of ether oxygens (including phenoxy) is 1. The van der Waals surface area contributed by atoms with Gasteiger partial charge in [-0.2, -0.15) is 0 Å². The van der Waals surface area contributed by atoms with Gasteiger partial charge in [0, 0.05) is 13.1 Å². The third kappa shape index (κ3) is 3.88. The van der Waals surface area contributed by atoms with Crippen LogP contribution in [0.5, 0.6) is 5.75 Å². The zero-order chi connectivity index (χ0) is 16.9. The third-order valence-corrected chi connectivity index (χ3v) is 4.40. The van der Waals surface area contributed by atoms with Crippen molar-refractivity contribution in [3.63, 3.8) is 0 Å². The number of nitrogens with one attached hydrogen (secondary N) is 1. The van der Waals surface area contributed by atoms with E-state index < -0.39 is 0 Å². The molecule has 24 heavy (non-hydrogen) atoms. The second-order valence-corrected chi connectivity index (χ2v) is 6.29. The molecule has 0 aliphatic carbocycles. The van der Waals surface area contributed by atoms with E-state index in [1.807, 2.05) is 30.9 Å². The maximum atomic E-state index is 12.3. The molecule has 0 radical (unpaired) electrons. The molecule has 0 saturated carbocycles. The van der Waals surface area contributed by atoms with Crippen molar-refractivity contribution in [1.82, 2.24) is 10.2 Å². The monoisotopic (exact) mass is 324 g/mol. The second kappa shape index (κ2) is 7.39. The van der Waals surface area contributed by atoms with Crippen LogP contribution >= 0.6 is 0 Å². The van der Waals surface area contributed by atoms with Crippen LogP contribution in [0, 0.1) is 13.8 Å². The summed E-state index contributed by atoms with van der Waals surface area (Å²) in [6.07, 6.45) is 0.919. The molecule has 3 rings (SSSR count). The molecule has 1 aliphatic heterocycles. The van der Waals surface area contributed by atoms with Crippen LogP contribution in [0.15, 0.2) is 42.5 Å². The van der Waals surface area contributed by atoms with E-state index in [0.717, 1.165) is 24.3 Å². The summed E-state index contributed by atoms with van der Waals surface area (Å²) in [6, 6.07) is 14.4. The summed E-state index contributed by atoms with van der Waals surface area (Å²) in [5, 5.41) is 2.95. The Morgan fingerprint density at radius 2 is 1.96 bits per heavy atom. The molecule has 0 saturated heterocycles. The van der Waals surface area contributed by atoms with Crippen molar-refractivity contribution in [2.75, 3.05) is 19.7 Å². The van der Waals surface area contributed by atoms with Crippen LogP contribution in [0.25, 0.3) is 0 Å². The molecule has 2 aromatic rings. The molecule has 0 fully saturated rings. The Hall–Kier alpha value is -2.49. The number of hydrogen-bond acceptors (Lipinski definition) is 2. The lowest BCUT2D eigenvalue weighted by atomic mass is 10.0. The number of rotatable bonds is 4. The highest BCUT2D eigenvalue weighted by Crippen LogP contribution is 2.19. The molecule has 126 valence electrons. The Balaban J connectivity index is 1.46. The van der Waals surface area contributed by atoms with E-state index in [-0.39, 0.29) is 6.03 Å². The van der Waals surface area contributed by atoms with Gasteiger partial charge >= 0.3 is 6.03 Å². The molecule has 0 aromatic heterocycles. The summed E-state index contributed by atoms with van der Waals surface area (Å²) in [5.74, 6) is 0.885. The number of hydrogen-bond donors (Lipinski definition) is 1. The summed E-state index contributed by atoms with van der Waals surface area (Å²) in [5.41, 5.74) is 4.87. The summed E-state index contributed by atoms with van der Waals surface area (Å²) in [4.78, 5) is 14.2. The van der Waals surface area contributed by atoms with Crippen molar-refractivity contribution in [2.24, 2.45) is 0 Å². The van der Waals surface area contributed by atoms with Gasteiger partial charge in [0.15, 0.2) is 0 Å². The summed E-state index contributed by atoms with van der Waals surface area (Å²) in [6.45, 7) is 6.49. The number of carbonyl (C=O) groups excluding carboxylic acids is 1. The lowest BCUT2D eigenvalue weighted by molar-refractivity contribution is 0.189. The Kier molecular flexibility index (Phi) is 5.04. The van der Waals surface area contributed by atoms with Gasteiger partial charge in [0.1, 0.15) is 12.4 Å². The Labute approximate surface area is 143 Å². The lowest BCUT2D eigenvalue weighted by Gasteiger charge is -2.29. The number of carbonyl (C=O) groups is 1. The van der Waals surface area contributed by atoms with Crippen LogP contribution < -0.4 is 10.1 Å². The molecule has 0 unspecified atom stereocenters. The normalized spacial score (nSPS) is 13.3. The highest BCUT2D eigenvalue weighted by Gasteiger charge is 2.19. The van der Waals surface area contributed by atoms with Gasteiger partial charge in [-0.1, -0.05) is 36.4 Å². The minimum Gasteiger partial charge on any atom is -0.491 e. The molecule has 0 atom stereocenters. The average molecular weight is 324 g/mol. The van der Waals surface area contributed by atoms with Crippen LogP contribution in [0.1, 0.15) is 22.3 Å². The van der Waals surface area contributed by atoms with E-state index in [1.165, 1.54) is 16.7 Å². The largest absolute Gasteiger partial charge is 0.491 e. The molecule has 2 aromatic carbocycles. The number of fused-ring (bicyclic) bond motifs is 1. The van der Waals surface area contributed by atoms with Crippen molar-refractivity contribution >= 4 is 6.03 Å². The van der Waals surface area contributed by atoms with Gasteiger partial charge in [-0.25, -0.2) is 4.79 Å². The van der Waals surface area contributed by atoms with E-state index >= 15 is 0 Å². The quantitative estimate of drug-likeness (QED) is 0.875. The topological polar surface area (TPSA) is 41.6 Å². The molecule has 2 amide bonds. The minimum absolute atomic E-state index is 0.0194. The van der Waals surface area contributed by atoms with Crippen molar-refractivity contribution in [3.8, 4) is 5.75 Å². The van der Waals surface area contributed by atoms with Gasteiger partial charge in [-0.3, -0.25) is 0 Å². The first kappa shape index (κ1) is 16.4. The number of benzene rings is 2. The zero-order valence-electron chi connectivity index (χ0n) is 14.3. The first-order chi connectivity index (χ1) is 11.6.